The third-order valence-corrected chi connectivity index (χ3v) is 3.64. The third kappa shape index (κ3) is 3.23. The summed E-state index contributed by atoms with van der Waals surface area (Å²) in [6, 6.07) is 6.42. The Morgan fingerprint density at radius 3 is 2.30 bits per heavy atom. The molecule has 1 N–H and O–H groups in total. The van der Waals surface area contributed by atoms with Crippen molar-refractivity contribution >= 4 is 0 Å². The molecule has 3 heteroatoms. The second-order valence-corrected chi connectivity index (χ2v) is 5.29. The van der Waals surface area contributed by atoms with Crippen LogP contribution in [0.1, 0.15) is 47.5 Å². The summed E-state index contributed by atoms with van der Waals surface area (Å²) in [4.78, 5) is 8.86. The Morgan fingerprint density at radius 2 is 1.65 bits per heavy atom. The van der Waals surface area contributed by atoms with Gasteiger partial charge in [-0.05, 0) is 62.1 Å². The highest BCUT2D eigenvalue weighted by Gasteiger charge is 2.18. The lowest BCUT2D eigenvalue weighted by atomic mass is 9.95. The number of hydrogen-bond acceptors (Lipinski definition) is 3. The summed E-state index contributed by atoms with van der Waals surface area (Å²) in [5.41, 5.74) is 5.20. The Morgan fingerprint density at radius 1 is 1.00 bits per heavy atom. The highest BCUT2D eigenvalue weighted by molar-refractivity contribution is 5.40. The van der Waals surface area contributed by atoms with Crippen LogP contribution in [0.2, 0.25) is 0 Å². The summed E-state index contributed by atoms with van der Waals surface area (Å²) in [6.45, 7) is 9.59. The Bertz CT molecular complexity index is 564. The minimum atomic E-state index is 0.0652. The van der Waals surface area contributed by atoms with E-state index in [1.807, 2.05) is 6.07 Å². The molecule has 1 aromatic carbocycles. The summed E-state index contributed by atoms with van der Waals surface area (Å²) in [7, 11) is 0. The molecule has 0 aliphatic rings. The maximum Gasteiger partial charge on any atom is 0.149 e. The average Bonchev–Trinajstić information content (AvgIpc) is 2.45. The second kappa shape index (κ2) is 6.62. The van der Waals surface area contributed by atoms with E-state index in [1.54, 1.807) is 12.4 Å². The van der Waals surface area contributed by atoms with Gasteiger partial charge in [-0.1, -0.05) is 19.1 Å². The average molecular weight is 269 g/mol. The Balaban J connectivity index is 2.44. The summed E-state index contributed by atoms with van der Waals surface area (Å²) in [5, 5.41) is 3.56. The first-order chi connectivity index (χ1) is 9.63. The number of aromatic nitrogens is 2. The van der Waals surface area contributed by atoms with E-state index in [9.17, 15) is 0 Å². The molecule has 2 rings (SSSR count). The van der Waals surface area contributed by atoms with Gasteiger partial charge in [-0.15, -0.1) is 0 Å². The second-order valence-electron chi connectivity index (χ2n) is 5.29. The molecule has 2 aromatic rings. The fourth-order valence-corrected chi connectivity index (χ4v) is 2.38. The van der Waals surface area contributed by atoms with Gasteiger partial charge in [-0.2, -0.15) is 0 Å². The number of hydrogen-bond donors (Lipinski definition) is 1. The smallest absolute Gasteiger partial charge is 0.149 e. The third-order valence-electron chi connectivity index (χ3n) is 3.64. The van der Waals surface area contributed by atoms with Crippen molar-refractivity contribution in [1.29, 1.82) is 0 Å². The van der Waals surface area contributed by atoms with Gasteiger partial charge in [0.2, 0.25) is 0 Å². The van der Waals surface area contributed by atoms with Gasteiger partial charge in [-0.25, -0.2) is 9.97 Å². The summed E-state index contributed by atoms with van der Waals surface area (Å²) >= 11 is 0. The van der Waals surface area contributed by atoms with Crippen LogP contribution in [0.4, 0.5) is 0 Å². The lowest BCUT2D eigenvalue weighted by molar-refractivity contribution is 0.569. The van der Waals surface area contributed by atoms with E-state index in [-0.39, 0.29) is 6.04 Å². The SMILES string of the molecule is CCCNC(c1ncccn1)c1cc(C)c(C)cc1C. The molecule has 1 atom stereocenters. The molecule has 1 unspecified atom stereocenters. The van der Waals surface area contributed by atoms with Crippen LogP contribution in [0.5, 0.6) is 0 Å². The molecule has 0 fully saturated rings. The first-order valence-electron chi connectivity index (χ1n) is 7.21. The fraction of sp³-hybridized carbons (Fsp3) is 0.412. The molecular formula is C17H23N3. The van der Waals surface area contributed by atoms with Crippen LogP contribution < -0.4 is 5.32 Å². The quantitative estimate of drug-likeness (QED) is 0.903. The largest absolute Gasteiger partial charge is 0.304 e. The minimum Gasteiger partial charge on any atom is -0.304 e. The molecule has 0 bridgehead atoms. The molecule has 106 valence electrons. The van der Waals surface area contributed by atoms with Gasteiger partial charge in [0.15, 0.2) is 0 Å². The zero-order chi connectivity index (χ0) is 14.5. The maximum atomic E-state index is 4.43. The van der Waals surface area contributed by atoms with Crippen LogP contribution in [0, 0.1) is 20.8 Å². The molecule has 3 nitrogen and oxygen atoms in total. The Labute approximate surface area is 121 Å². The Kier molecular flexibility index (Phi) is 4.85. The number of nitrogens with one attached hydrogen (secondary N) is 1. The van der Waals surface area contributed by atoms with Crippen molar-refractivity contribution in [2.24, 2.45) is 0 Å². The minimum absolute atomic E-state index is 0.0652. The van der Waals surface area contributed by atoms with Crippen LogP contribution in [0.25, 0.3) is 0 Å². The first kappa shape index (κ1) is 14.7. The molecule has 0 aliphatic heterocycles. The molecule has 0 saturated carbocycles. The van der Waals surface area contributed by atoms with Crippen LogP contribution in [-0.2, 0) is 0 Å². The molecule has 20 heavy (non-hydrogen) atoms. The standard InChI is InChI=1S/C17H23N3/c1-5-7-18-16(17-19-8-6-9-20-17)15-11-13(3)12(2)10-14(15)4/h6,8-11,16,18H,5,7H2,1-4H3. The van der Waals surface area contributed by atoms with Crippen LogP contribution in [0.15, 0.2) is 30.6 Å². The van der Waals surface area contributed by atoms with Crippen LogP contribution >= 0.6 is 0 Å². The van der Waals surface area contributed by atoms with E-state index in [2.05, 4.69) is 55.1 Å². The lowest BCUT2D eigenvalue weighted by Crippen LogP contribution is -2.25. The van der Waals surface area contributed by atoms with Gasteiger partial charge in [0.25, 0.3) is 0 Å². The summed E-state index contributed by atoms with van der Waals surface area (Å²) < 4.78 is 0. The van der Waals surface area contributed by atoms with Crippen molar-refractivity contribution in [3.05, 3.63) is 58.7 Å². The summed E-state index contributed by atoms with van der Waals surface area (Å²) in [6.07, 6.45) is 4.70. The van der Waals surface area contributed by atoms with Crippen molar-refractivity contribution in [2.45, 2.75) is 40.2 Å². The zero-order valence-electron chi connectivity index (χ0n) is 12.8. The van der Waals surface area contributed by atoms with Crippen LogP contribution in [-0.4, -0.2) is 16.5 Å². The van der Waals surface area contributed by atoms with Gasteiger partial charge in [0, 0.05) is 12.4 Å². The molecule has 0 radical (unpaired) electrons. The maximum absolute atomic E-state index is 4.43. The predicted molar refractivity (Wildman–Crippen MR) is 82.8 cm³/mol. The van der Waals surface area contributed by atoms with Gasteiger partial charge in [0.1, 0.15) is 5.82 Å². The monoisotopic (exact) mass is 269 g/mol. The number of aryl methyl sites for hydroxylation is 3. The van der Waals surface area contributed by atoms with E-state index in [1.165, 1.54) is 22.3 Å². The number of rotatable bonds is 5. The topological polar surface area (TPSA) is 37.8 Å². The normalized spacial score (nSPS) is 12.4. The molecule has 0 saturated heterocycles. The molecule has 0 spiro atoms. The molecular weight excluding hydrogens is 246 g/mol. The van der Waals surface area contributed by atoms with E-state index < -0.39 is 0 Å². The van der Waals surface area contributed by atoms with Crippen molar-refractivity contribution in [2.75, 3.05) is 6.54 Å². The van der Waals surface area contributed by atoms with Gasteiger partial charge >= 0.3 is 0 Å². The van der Waals surface area contributed by atoms with E-state index in [4.69, 9.17) is 0 Å². The molecule has 1 aromatic heterocycles. The zero-order valence-corrected chi connectivity index (χ0v) is 12.8. The number of benzene rings is 1. The summed E-state index contributed by atoms with van der Waals surface area (Å²) in [5.74, 6) is 0.840. The van der Waals surface area contributed by atoms with Crippen molar-refractivity contribution in [1.82, 2.24) is 15.3 Å². The van der Waals surface area contributed by atoms with E-state index in [0.29, 0.717) is 0 Å². The molecule has 1 heterocycles. The highest BCUT2D eigenvalue weighted by Crippen LogP contribution is 2.25. The van der Waals surface area contributed by atoms with Gasteiger partial charge in [0.05, 0.1) is 6.04 Å². The fourth-order valence-electron chi connectivity index (χ4n) is 2.38. The van der Waals surface area contributed by atoms with Crippen LogP contribution in [0.3, 0.4) is 0 Å². The van der Waals surface area contributed by atoms with Crippen molar-refractivity contribution < 1.29 is 0 Å². The first-order valence-corrected chi connectivity index (χ1v) is 7.21. The van der Waals surface area contributed by atoms with Crippen molar-refractivity contribution in [3.8, 4) is 0 Å². The van der Waals surface area contributed by atoms with E-state index in [0.717, 1.165) is 18.8 Å². The van der Waals surface area contributed by atoms with E-state index >= 15 is 0 Å². The van der Waals surface area contributed by atoms with Gasteiger partial charge in [-0.3, -0.25) is 0 Å². The lowest BCUT2D eigenvalue weighted by Gasteiger charge is -2.21. The number of nitrogens with zero attached hydrogens (tertiary/aromatic N) is 2. The molecule has 0 aliphatic carbocycles. The molecule has 0 amide bonds. The Hall–Kier alpha value is -1.74. The predicted octanol–water partition coefficient (Wildman–Crippen LogP) is 3.49. The van der Waals surface area contributed by atoms with Crippen molar-refractivity contribution in [3.63, 3.8) is 0 Å². The highest BCUT2D eigenvalue weighted by atomic mass is 15.0. The van der Waals surface area contributed by atoms with Gasteiger partial charge < -0.3 is 5.32 Å².